The topological polar surface area (TPSA) is 66.8 Å². The zero-order valence-electron chi connectivity index (χ0n) is 11.5. The first-order valence-electron chi connectivity index (χ1n) is 6.34. The molecule has 2 saturated carbocycles. The SMILES string of the molecule is CC1C(C)C2(C)C1CC(C)C2(OO)C(=O)CO.[Ac]. The number of carbonyl (C=O) groups is 1. The molecule has 2 aliphatic carbocycles. The molecular weight excluding hydrogens is 447 g/mol. The molecule has 101 valence electrons. The van der Waals surface area contributed by atoms with E-state index in [0.717, 1.165) is 6.42 Å². The summed E-state index contributed by atoms with van der Waals surface area (Å²) >= 11 is 0. The normalized spacial score (nSPS) is 50.1. The van der Waals surface area contributed by atoms with Crippen molar-refractivity contribution in [3.63, 3.8) is 0 Å². The number of aliphatic hydroxyl groups excluding tert-OH is 1. The van der Waals surface area contributed by atoms with Crippen molar-refractivity contribution in [2.75, 3.05) is 6.61 Å². The minimum absolute atomic E-state index is 0. The van der Waals surface area contributed by atoms with Gasteiger partial charge in [-0.15, -0.1) is 0 Å². The van der Waals surface area contributed by atoms with E-state index in [1.165, 1.54) is 0 Å². The van der Waals surface area contributed by atoms with Crippen LogP contribution < -0.4 is 0 Å². The van der Waals surface area contributed by atoms with E-state index < -0.39 is 18.0 Å². The van der Waals surface area contributed by atoms with E-state index in [-0.39, 0.29) is 55.4 Å². The molecule has 6 unspecified atom stereocenters. The number of carbonyl (C=O) groups excluding carboxylic acids is 1. The van der Waals surface area contributed by atoms with Gasteiger partial charge in [-0.05, 0) is 30.1 Å². The fraction of sp³-hybridized carbons (Fsp3) is 0.923. The molecule has 0 aliphatic heterocycles. The minimum Gasteiger partial charge on any atom is -0.388 e. The summed E-state index contributed by atoms with van der Waals surface area (Å²) in [5.74, 6) is 0.770. The molecule has 0 heterocycles. The first-order valence-corrected chi connectivity index (χ1v) is 6.34. The Labute approximate surface area is 144 Å². The molecule has 0 aromatic rings. The van der Waals surface area contributed by atoms with Gasteiger partial charge in [0, 0.05) is 49.5 Å². The van der Waals surface area contributed by atoms with Crippen LogP contribution in [0.25, 0.3) is 0 Å². The minimum atomic E-state index is -1.22. The van der Waals surface area contributed by atoms with Gasteiger partial charge in [0.05, 0.1) is 0 Å². The van der Waals surface area contributed by atoms with E-state index in [1.807, 2.05) is 13.8 Å². The summed E-state index contributed by atoms with van der Waals surface area (Å²) in [5, 5.41) is 18.5. The van der Waals surface area contributed by atoms with Crippen molar-refractivity contribution < 1.29 is 64.1 Å². The first-order chi connectivity index (χ1) is 7.87. The molecule has 0 aromatic carbocycles. The molecule has 0 amide bonds. The second-order valence-corrected chi connectivity index (χ2v) is 6.08. The van der Waals surface area contributed by atoms with Crippen molar-refractivity contribution in [1.82, 2.24) is 0 Å². The number of ketones is 1. The Bertz CT molecular complexity index is 348. The van der Waals surface area contributed by atoms with Crippen LogP contribution in [0.5, 0.6) is 0 Å². The maximum atomic E-state index is 12.1. The Morgan fingerprint density at radius 1 is 1.39 bits per heavy atom. The van der Waals surface area contributed by atoms with E-state index in [0.29, 0.717) is 17.8 Å². The molecule has 0 saturated heterocycles. The van der Waals surface area contributed by atoms with Crippen LogP contribution in [0, 0.1) is 73.1 Å². The zero-order valence-corrected chi connectivity index (χ0v) is 16.3. The van der Waals surface area contributed by atoms with E-state index in [1.54, 1.807) is 0 Å². The molecule has 4 nitrogen and oxygen atoms in total. The standard InChI is InChI=1S/C13H22O4.Ac/c1-7-5-10-8(2)9(3)12(10,4)13(7,17-16)11(15)6-14;/h7-10,14,16H,5-6H2,1-4H3;. The Morgan fingerprint density at radius 3 is 2.39 bits per heavy atom. The maximum absolute atomic E-state index is 12.1. The van der Waals surface area contributed by atoms with E-state index in [2.05, 4.69) is 13.8 Å². The summed E-state index contributed by atoms with van der Waals surface area (Å²) in [4.78, 5) is 16.8. The predicted octanol–water partition coefficient (Wildman–Crippen LogP) is 1.72. The Kier molecular flexibility index (Phi) is 5.12. The second-order valence-electron chi connectivity index (χ2n) is 6.08. The summed E-state index contributed by atoms with van der Waals surface area (Å²) in [6.45, 7) is 7.63. The van der Waals surface area contributed by atoms with Crippen molar-refractivity contribution in [2.24, 2.45) is 29.1 Å². The van der Waals surface area contributed by atoms with Crippen molar-refractivity contribution in [3.05, 3.63) is 0 Å². The first kappa shape index (κ1) is 17.0. The summed E-state index contributed by atoms with van der Waals surface area (Å²) in [6, 6.07) is 0. The van der Waals surface area contributed by atoms with Gasteiger partial charge in [0.15, 0.2) is 11.4 Å². The van der Waals surface area contributed by atoms with Gasteiger partial charge in [-0.25, -0.2) is 4.89 Å². The van der Waals surface area contributed by atoms with Crippen LogP contribution in [0.4, 0.5) is 0 Å². The molecule has 2 rings (SSSR count). The Hall–Kier alpha value is 0.992. The summed E-state index contributed by atoms with van der Waals surface area (Å²) < 4.78 is 0. The third-order valence-electron chi connectivity index (χ3n) is 5.94. The number of aliphatic hydroxyl groups is 1. The van der Waals surface area contributed by atoms with Gasteiger partial charge in [-0.3, -0.25) is 10.1 Å². The van der Waals surface area contributed by atoms with Crippen LogP contribution in [0.1, 0.15) is 34.1 Å². The quantitative estimate of drug-likeness (QED) is 0.488. The van der Waals surface area contributed by atoms with E-state index >= 15 is 0 Å². The molecule has 0 aromatic heterocycles. The van der Waals surface area contributed by atoms with Gasteiger partial charge in [0.1, 0.15) is 6.61 Å². The molecule has 6 atom stereocenters. The number of rotatable bonds is 3. The third-order valence-corrected chi connectivity index (χ3v) is 5.94. The van der Waals surface area contributed by atoms with E-state index in [9.17, 15) is 10.1 Å². The molecule has 2 N–H and O–H groups in total. The summed E-state index contributed by atoms with van der Waals surface area (Å²) in [6.07, 6.45) is 0.869. The van der Waals surface area contributed by atoms with Crippen molar-refractivity contribution in [2.45, 2.75) is 39.7 Å². The smallest absolute Gasteiger partial charge is 0.194 e. The van der Waals surface area contributed by atoms with Gasteiger partial charge in [-0.2, -0.15) is 0 Å². The van der Waals surface area contributed by atoms with Gasteiger partial charge in [0.2, 0.25) is 0 Å². The maximum Gasteiger partial charge on any atom is 0.194 e. The summed E-state index contributed by atoms with van der Waals surface area (Å²) in [7, 11) is 0. The summed E-state index contributed by atoms with van der Waals surface area (Å²) in [5.41, 5.74) is -1.58. The molecule has 1 radical (unpaired) electrons. The predicted molar refractivity (Wildman–Crippen MR) is 62.2 cm³/mol. The van der Waals surface area contributed by atoms with Crippen LogP contribution in [-0.4, -0.2) is 28.4 Å². The van der Waals surface area contributed by atoms with Gasteiger partial charge >= 0.3 is 0 Å². The molecule has 2 fully saturated rings. The number of hydrogen-bond acceptors (Lipinski definition) is 4. The van der Waals surface area contributed by atoms with Crippen molar-refractivity contribution in [1.29, 1.82) is 0 Å². The van der Waals surface area contributed by atoms with Crippen LogP contribution >= 0.6 is 0 Å². The fourth-order valence-electron chi connectivity index (χ4n) is 4.74. The molecule has 0 bridgehead atoms. The van der Waals surface area contributed by atoms with Crippen LogP contribution in [0.2, 0.25) is 0 Å². The average Bonchev–Trinajstić information content (AvgIpc) is 2.55. The average molecular weight is 469 g/mol. The van der Waals surface area contributed by atoms with Crippen LogP contribution in [-0.2, 0) is 9.68 Å². The zero-order chi connectivity index (χ0) is 13.0. The van der Waals surface area contributed by atoms with Gasteiger partial charge < -0.3 is 5.11 Å². The largest absolute Gasteiger partial charge is 0.388 e. The Morgan fingerprint density at radius 2 is 1.94 bits per heavy atom. The molecule has 18 heavy (non-hydrogen) atoms. The molecule has 0 spiro atoms. The van der Waals surface area contributed by atoms with Crippen LogP contribution in [0.3, 0.4) is 0 Å². The van der Waals surface area contributed by atoms with Gasteiger partial charge in [0.25, 0.3) is 0 Å². The molecule has 2 aliphatic rings. The van der Waals surface area contributed by atoms with E-state index in [4.69, 9.17) is 9.99 Å². The number of fused-ring (bicyclic) bond motifs is 1. The number of hydrogen-bond donors (Lipinski definition) is 2. The molecular formula is C13H22AcO4. The molecule has 5 heteroatoms. The number of Topliss-reactive ketones (excluding diaryl/α,β-unsaturated/α-hetero) is 1. The van der Waals surface area contributed by atoms with Crippen molar-refractivity contribution in [3.8, 4) is 0 Å². The van der Waals surface area contributed by atoms with Crippen molar-refractivity contribution >= 4 is 5.78 Å². The van der Waals surface area contributed by atoms with Gasteiger partial charge in [-0.1, -0.05) is 27.7 Å². The monoisotopic (exact) mass is 469 g/mol. The Balaban J connectivity index is 0.00000162. The third kappa shape index (κ3) is 1.67. The van der Waals surface area contributed by atoms with Crippen LogP contribution in [0.15, 0.2) is 0 Å². The fourth-order valence-corrected chi connectivity index (χ4v) is 4.74. The second kappa shape index (κ2) is 5.41.